The molecule has 34 heavy (non-hydrogen) atoms. The first-order valence-corrected chi connectivity index (χ1v) is 10.9. The zero-order valence-electron chi connectivity index (χ0n) is 17.4. The highest BCUT2D eigenvalue weighted by atomic mass is 32.2. The molecule has 174 valence electrons. The van der Waals surface area contributed by atoms with Gasteiger partial charge in [0.15, 0.2) is 10.1 Å². The number of aromatic nitrogens is 1. The molecule has 1 aromatic heterocycles. The van der Waals surface area contributed by atoms with Gasteiger partial charge in [-0.3, -0.25) is 0 Å². The van der Waals surface area contributed by atoms with E-state index in [4.69, 9.17) is 23.0 Å². The highest BCUT2D eigenvalue weighted by Crippen LogP contribution is 2.26. The molecule has 0 bridgehead atoms. The summed E-state index contributed by atoms with van der Waals surface area (Å²) in [6.45, 7) is 0. The summed E-state index contributed by atoms with van der Waals surface area (Å²) >= 11 is 0. The van der Waals surface area contributed by atoms with Crippen LogP contribution in [0.1, 0.15) is 15.9 Å². The Labute approximate surface area is 192 Å². The Balaban J connectivity index is 0.000000350. The van der Waals surface area contributed by atoms with E-state index in [0.717, 1.165) is 21.8 Å². The van der Waals surface area contributed by atoms with Gasteiger partial charge < -0.3 is 9.29 Å². The van der Waals surface area contributed by atoms with Crippen LogP contribution >= 0.6 is 0 Å². The van der Waals surface area contributed by atoms with Gasteiger partial charge in [-0.2, -0.15) is 23.0 Å². The van der Waals surface area contributed by atoms with Crippen molar-refractivity contribution in [2.24, 2.45) is 7.05 Å². The lowest BCUT2D eigenvalue weighted by Crippen LogP contribution is -2.31. The predicted molar refractivity (Wildman–Crippen MR) is 114 cm³/mol. The molecule has 4 aromatic rings. The summed E-state index contributed by atoms with van der Waals surface area (Å²) in [5, 5.41) is 10.6. The molecule has 0 aliphatic rings. The van der Waals surface area contributed by atoms with E-state index in [1.807, 2.05) is 55.6 Å². The maximum Gasteiger partial charge on any atom is 0.485 e. The highest BCUT2D eigenvalue weighted by Gasteiger charge is 2.36. The van der Waals surface area contributed by atoms with Crippen molar-refractivity contribution in [3.63, 3.8) is 0 Å². The number of ether oxygens (including phenoxy) is 1. The Kier molecular flexibility index (Phi) is 6.85. The van der Waals surface area contributed by atoms with Crippen molar-refractivity contribution >= 4 is 37.9 Å². The smallest absolute Gasteiger partial charge is 0.485 e. The number of nitrogens with zero attached hydrogens (tertiary/aromatic N) is 2. The average Bonchev–Trinajstić information content (AvgIpc) is 2.79. The van der Waals surface area contributed by atoms with Gasteiger partial charge in [0, 0.05) is 12.1 Å². The minimum atomic E-state index is -6.09. The molecular formula is C23H15F3N2O5S. The lowest BCUT2D eigenvalue weighted by Gasteiger charge is -2.10. The summed E-state index contributed by atoms with van der Waals surface area (Å²) in [6, 6.07) is 24.1. The van der Waals surface area contributed by atoms with Gasteiger partial charge in [0.25, 0.3) is 0 Å². The summed E-state index contributed by atoms with van der Waals surface area (Å²) in [7, 11) is -4.10. The number of carbonyl (C=O) groups is 1. The molecule has 0 aliphatic heterocycles. The Morgan fingerprint density at radius 2 is 1.38 bits per heavy atom. The van der Waals surface area contributed by atoms with Gasteiger partial charge in [0.05, 0.1) is 28.0 Å². The second kappa shape index (κ2) is 9.46. The Bertz CT molecular complexity index is 1470. The molecule has 0 N–H and O–H groups in total. The third kappa shape index (κ3) is 5.14. The van der Waals surface area contributed by atoms with Crippen LogP contribution in [0.4, 0.5) is 13.2 Å². The fourth-order valence-corrected chi connectivity index (χ4v) is 3.21. The zero-order valence-corrected chi connectivity index (χ0v) is 18.2. The molecule has 0 spiro atoms. The molecule has 0 atom stereocenters. The molecule has 0 amide bonds. The number of pyridine rings is 1. The van der Waals surface area contributed by atoms with Crippen LogP contribution in [-0.2, 0) is 17.2 Å². The second-order valence-electron chi connectivity index (χ2n) is 6.89. The normalized spacial score (nSPS) is 11.4. The number of halogens is 3. The first-order chi connectivity index (χ1) is 15.9. The zero-order chi connectivity index (χ0) is 25.1. The van der Waals surface area contributed by atoms with Gasteiger partial charge >= 0.3 is 11.5 Å². The van der Waals surface area contributed by atoms with Crippen LogP contribution in [0.5, 0.6) is 5.75 Å². The fourth-order valence-electron chi connectivity index (χ4n) is 3.21. The van der Waals surface area contributed by atoms with Crippen molar-refractivity contribution in [1.29, 1.82) is 5.26 Å². The minimum Gasteiger partial charge on any atom is -0.741 e. The van der Waals surface area contributed by atoms with Crippen LogP contribution < -0.4 is 9.30 Å². The van der Waals surface area contributed by atoms with Crippen molar-refractivity contribution in [3.8, 4) is 11.8 Å². The lowest BCUT2D eigenvalue weighted by molar-refractivity contribution is -0.617. The van der Waals surface area contributed by atoms with Crippen molar-refractivity contribution < 1.29 is 40.2 Å². The number of para-hydroxylation sites is 2. The first kappa shape index (κ1) is 24.6. The summed E-state index contributed by atoms with van der Waals surface area (Å²) in [6.07, 6.45) is 0. The Hall–Kier alpha value is -4.01. The van der Waals surface area contributed by atoms with Gasteiger partial charge in [-0.15, -0.1) is 0 Å². The number of rotatable bonds is 2. The van der Waals surface area contributed by atoms with Crippen LogP contribution in [0.25, 0.3) is 21.8 Å². The number of aryl methyl sites for hydroxylation is 1. The maximum absolute atomic E-state index is 13.0. The molecule has 0 saturated heterocycles. The number of nitriles is 1. The molecular weight excluding hydrogens is 473 g/mol. The quantitative estimate of drug-likeness (QED) is 0.105. The van der Waals surface area contributed by atoms with Crippen LogP contribution in [0.15, 0.2) is 72.8 Å². The summed E-state index contributed by atoms with van der Waals surface area (Å²) in [5.74, 6) is -0.00176. The van der Waals surface area contributed by atoms with E-state index in [1.165, 1.54) is 0 Å². The number of hydrogen-bond donors (Lipinski definition) is 0. The standard InChI is InChI=1S/C22H15N2O2.CHF3O3S/c1-24-19-8-4-2-6-17(19)21(18-7-3-5-9-20(18)24)22(25)26-16-12-10-15(14-23)11-13-16;2-1(3,4)8(5,6)7/h2-13H,1H3;(H,5,6,7)/q+1;/p-1. The van der Waals surface area contributed by atoms with E-state index in [0.29, 0.717) is 16.9 Å². The molecule has 11 heteroatoms. The number of benzene rings is 3. The van der Waals surface area contributed by atoms with Gasteiger partial charge in [0.1, 0.15) is 12.8 Å². The average molecular weight is 488 g/mol. The number of alkyl halides is 3. The SMILES string of the molecule is C[n+]1c2ccccc2c(C(=O)Oc2ccc(C#N)cc2)c2ccccc21.O=S(=O)([O-])C(F)(F)F. The van der Waals surface area contributed by atoms with Crippen LogP contribution in [0.3, 0.4) is 0 Å². The van der Waals surface area contributed by atoms with Crippen molar-refractivity contribution in [1.82, 2.24) is 0 Å². The van der Waals surface area contributed by atoms with Crippen LogP contribution in [0.2, 0.25) is 0 Å². The van der Waals surface area contributed by atoms with Gasteiger partial charge in [-0.05, 0) is 36.4 Å². The molecule has 0 fully saturated rings. The number of esters is 1. The summed E-state index contributed by atoms with van der Waals surface area (Å²) in [4.78, 5) is 13.0. The van der Waals surface area contributed by atoms with Crippen molar-refractivity contribution in [2.45, 2.75) is 5.51 Å². The number of carbonyl (C=O) groups excluding carboxylic acids is 1. The molecule has 0 radical (unpaired) electrons. The van der Waals surface area contributed by atoms with Crippen LogP contribution in [-0.4, -0.2) is 24.4 Å². The largest absolute Gasteiger partial charge is 0.741 e. The monoisotopic (exact) mass is 488 g/mol. The molecule has 1 heterocycles. The van der Waals surface area contributed by atoms with E-state index in [1.54, 1.807) is 24.3 Å². The highest BCUT2D eigenvalue weighted by molar-refractivity contribution is 7.86. The van der Waals surface area contributed by atoms with Gasteiger partial charge in [-0.1, -0.05) is 24.3 Å². The van der Waals surface area contributed by atoms with E-state index in [2.05, 4.69) is 10.6 Å². The fraction of sp³-hybridized carbons (Fsp3) is 0.0870. The molecule has 7 nitrogen and oxygen atoms in total. The van der Waals surface area contributed by atoms with E-state index >= 15 is 0 Å². The van der Waals surface area contributed by atoms with E-state index in [-0.39, 0.29) is 0 Å². The maximum atomic E-state index is 13.0. The lowest BCUT2D eigenvalue weighted by atomic mass is 10.0. The van der Waals surface area contributed by atoms with Crippen LogP contribution in [0, 0.1) is 11.3 Å². The Morgan fingerprint density at radius 1 is 0.941 bits per heavy atom. The summed E-state index contributed by atoms with van der Waals surface area (Å²) < 4.78 is 66.6. The third-order valence-electron chi connectivity index (χ3n) is 4.75. The molecule has 3 aromatic carbocycles. The molecule has 4 rings (SSSR count). The molecule has 0 saturated carbocycles. The second-order valence-corrected chi connectivity index (χ2v) is 8.27. The topological polar surface area (TPSA) is 111 Å². The van der Waals surface area contributed by atoms with Crippen molar-refractivity contribution in [2.75, 3.05) is 0 Å². The van der Waals surface area contributed by atoms with Gasteiger partial charge in [0.2, 0.25) is 11.0 Å². The predicted octanol–water partition coefficient (Wildman–Crippen LogP) is 3.96. The third-order valence-corrected chi connectivity index (χ3v) is 5.32. The molecule has 0 unspecified atom stereocenters. The first-order valence-electron chi connectivity index (χ1n) is 9.48. The Morgan fingerprint density at radius 3 is 1.79 bits per heavy atom. The number of fused-ring (bicyclic) bond motifs is 2. The van der Waals surface area contributed by atoms with E-state index < -0.39 is 21.6 Å². The summed E-state index contributed by atoms with van der Waals surface area (Å²) in [5.41, 5.74) is -2.67. The minimum absolute atomic E-state index is 0.412. The van der Waals surface area contributed by atoms with E-state index in [9.17, 15) is 18.0 Å². The molecule has 0 aliphatic carbocycles. The van der Waals surface area contributed by atoms with Gasteiger partial charge in [-0.25, -0.2) is 13.2 Å². The van der Waals surface area contributed by atoms with Crippen molar-refractivity contribution in [3.05, 3.63) is 83.9 Å². The number of hydrogen-bond acceptors (Lipinski definition) is 6.